The number of carbonyl (C=O) groups excluding carboxylic acids is 1. The second kappa shape index (κ2) is 5.42. The molecule has 0 saturated carbocycles. The minimum Gasteiger partial charge on any atom is -0.383 e. The van der Waals surface area contributed by atoms with E-state index < -0.39 is 0 Å². The fourth-order valence-corrected chi connectivity index (χ4v) is 2.05. The molecule has 0 radical (unpaired) electrons. The van der Waals surface area contributed by atoms with E-state index in [1.54, 1.807) is 12.1 Å². The number of benzene rings is 1. The zero-order valence-corrected chi connectivity index (χ0v) is 11.4. The predicted octanol–water partition coefficient (Wildman–Crippen LogP) is 2.51. The number of hydrogen-bond acceptors (Lipinski definition) is 4. The number of hydrogen-bond donors (Lipinski definition) is 1. The van der Waals surface area contributed by atoms with Crippen molar-refractivity contribution in [2.45, 2.75) is 13.7 Å². The van der Waals surface area contributed by atoms with Crippen LogP contribution in [0.4, 0.5) is 5.82 Å². The molecule has 1 heterocycles. The zero-order chi connectivity index (χ0) is 14.0. The molecule has 6 heteroatoms. The number of nitrogen functional groups attached to an aromatic ring is 1. The topological polar surface area (TPSA) is 70.1 Å². The molecular weight excluding hydrogens is 266 g/mol. The number of methoxy groups -OCH3 is 1. The van der Waals surface area contributed by atoms with Crippen LogP contribution in [-0.2, 0) is 11.5 Å². The number of aromatic nitrogens is 2. The van der Waals surface area contributed by atoms with Gasteiger partial charge < -0.3 is 10.5 Å². The van der Waals surface area contributed by atoms with Crippen LogP contribution >= 0.6 is 11.6 Å². The molecule has 19 heavy (non-hydrogen) atoms. The number of nitrogens with zero attached hydrogens (tertiary/aromatic N) is 2. The molecule has 0 aliphatic heterocycles. The first-order valence-corrected chi connectivity index (χ1v) is 6.03. The third kappa shape index (κ3) is 2.47. The molecule has 0 bridgehead atoms. The summed E-state index contributed by atoms with van der Waals surface area (Å²) in [5.41, 5.74) is 8.51. The highest BCUT2D eigenvalue weighted by molar-refractivity contribution is 6.30. The summed E-state index contributed by atoms with van der Waals surface area (Å²) in [4.78, 5) is 11.2. The van der Waals surface area contributed by atoms with Crippen LogP contribution in [0.2, 0.25) is 5.02 Å². The minimum atomic E-state index is 0.187. The van der Waals surface area contributed by atoms with Gasteiger partial charge in [-0.15, -0.1) is 0 Å². The Balaban J connectivity index is 2.64. The second-order valence-corrected chi connectivity index (χ2v) is 4.58. The number of aldehydes is 1. The summed E-state index contributed by atoms with van der Waals surface area (Å²) >= 11 is 5.99. The van der Waals surface area contributed by atoms with Gasteiger partial charge in [-0.05, 0) is 24.6 Å². The van der Waals surface area contributed by atoms with Crippen molar-refractivity contribution in [3.8, 4) is 11.3 Å². The van der Waals surface area contributed by atoms with Gasteiger partial charge in [-0.2, -0.15) is 5.10 Å². The SMILES string of the molecule is COCn1nc(-c2cc(Cl)ccc2C)c(C=O)c1N. The maximum atomic E-state index is 11.2. The van der Waals surface area contributed by atoms with E-state index in [2.05, 4.69) is 5.10 Å². The summed E-state index contributed by atoms with van der Waals surface area (Å²) in [6.45, 7) is 2.11. The normalized spacial score (nSPS) is 10.7. The van der Waals surface area contributed by atoms with Crippen molar-refractivity contribution in [2.24, 2.45) is 0 Å². The molecule has 0 atom stereocenters. The van der Waals surface area contributed by atoms with Crippen LogP contribution in [-0.4, -0.2) is 23.2 Å². The fourth-order valence-electron chi connectivity index (χ4n) is 1.87. The Morgan fingerprint density at radius 2 is 2.26 bits per heavy atom. The third-order valence-electron chi connectivity index (χ3n) is 2.85. The first-order valence-electron chi connectivity index (χ1n) is 5.65. The van der Waals surface area contributed by atoms with Crippen molar-refractivity contribution >= 4 is 23.7 Å². The molecule has 0 unspecified atom stereocenters. The van der Waals surface area contributed by atoms with Crippen molar-refractivity contribution in [3.05, 3.63) is 34.3 Å². The van der Waals surface area contributed by atoms with E-state index in [1.807, 2.05) is 13.0 Å². The lowest BCUT2D eigenvalue weighted by atomic mass is 10.0. The monoisotopic (exact) mass is 279 g/mol. The van der Waals surface area contributed by atoms with Gasteiger partial charge in [0.25, 0.3) is 0 Å². The Hall–Kier alpha value is -1.85. The number of ether oxygens (including phenoxy) is 1. The summed E-state index contributed by atoms with van der Waals surface area (Å²) in [6, 6.07) is 5.43. The average molecular weight is 280 g/mol. The van der Waals surface area contributed by atoms with E-state index in [4.69, 9.17) is 22.1 Å². The van der Waals surface area contributed by atoms with Crippen molar-refractivity contribution < 1.29 is 9.53 Å². The summed E-state index contributed by atoms with van der Waals surface area (Å²) in [7, 11) is 1.53. The molecule has 100 valence electrons. The van der Waals surface area contributed by atoms with E-state index >= 15 is 0 Å². The van der Waals surface area contributed by atoms with Gasteiger partial charge in [-0.3, -0.25) is 4.79 Å². The molecule has 0 aliphatic carbocycles. The zero-order valence-electron chi connectivity index (χ0n) is 10.7. The highest BCUT2D eigenvalue weighted by Crippen LogP contribution is 2.30. The quantitative estimate of drug-likeness (QED) is 0.873. The summed E-state index contributed by atoms with van der Waals surface area (Å²) < 4.78 is 6.43. The van der Waals surface area contributed by atoms with E-state index in [0.29, 0.717) is 22.6 Å². The smallest absolute Gasteiger partial charge is 0.156 e. The molecule has 1 aromatic carbocycles. The van der Waals surface area contributed by atoms with Crippen molar-refractivity contribution in [1.82, 2.24) is 9.78 Å². The Bertz CT molecular complexity index is 623. The van der Waals surface area contributed by atoms with Crippen LogP contribution in [0.5, 0.6) is 0 Å². The van der Waals surface area contributed by atoms with Gasteiger partial charge in [0.2, 0.25) is 0 Å². The highest BCUT2D eigenvalue weighted by atomic mass is 35.5. The molecule has 5 nitrogen and oxygen atoms in total. The van der Waals surface area contributed by atoms with E-state index in [1.165, 1.54) is 11.8 Å². The lowest BCUT2D eigenvalue weighted by molar-refractivity contribution is 0.112. The standard InChI is InChI=1S/C13H14ClN3O2/c1-8-3-4-9(14)5-10(8)12-11(6-18)13(15)17(16-12)7-19-2/h3-6H,7,15H2,1-2H3. The predicted molar refractivity (Wildman–Crippen MR) is 74.2 cm³/mol. The summed E-state index contributed by atoms with van der Waals surface area (Å²) in [6.07, 6.45) is 0.699. The summed E-state index contributed by atoms with van der Waals surface area (Å²) in [5.74, 6) is 0.284. The molecule has 2 aromatic rings. The number of aryl methyl sites for hydroxylation is 1. The Morgan fingerprint density at radius 1 is 1.53 bits per heavy atom. The fraction of sp³-hybridized carbons (Fsp3) is 0.231. The molecule has 2 N–H and O–H groups in total. The molecule has 1 aromatic heterocycles. The van der Waals surface area contributed by atoms with Gasteiger partial charge in [0, 0.05) is 17.7 Å². The molecule has 0 aliphatic rings. The van der Waals surface area contributed by atoms with Gasteiger partial charge in [0.05, 0.1) is 5.56 Å². The number of halogens is 1. The number of carbonyl (C=O) groups is 1. The van der Waals surface area contributed by atoms with Gasteiger partial charge in [-0.1, -0.05) is 17.7 Å². The van der Waals surface area contributed by atoms with Crippen molar-refractivity contribution in [1.29, 1.82) is 0 Å². The largest absolute Gasteiger partial charge is 0.383 e. The van der Waals surface area contributed by atoms with Crippen LogP contribution < -0.4 is 5.73 Å². The lowest BCUT2D eigenvalue weighted by Crippen LogP contribution is -2.06. The van der Waals surface area contributed by atoms with Crippen LogP contribution in [0.3, 0.4) is 0 Å². The second-order valence-electron chi connectivity index (χ2n) is 4.14. The van der Waals surface area contributed by atoms with Crippen LogP contribution in [0.15, 0.2) is 18.2 Å². The van der Waals surface area contributed by atoms with Crippen LogP contribution in [0.1, 0.15) is 15.9 Å². The van der Waals surface area contributed by atoms with Crippen molar-refractivity contribution in [3.63, 3.8) is 0 Å². The van der Waals surface area contributed by atoms with Crippen LogP contribution in [0, 0.1) is 6.92 Å². The maximum Gasteiger partial charge on any atom is 0.156 e. The minimum absolute atomic E-state index is 0.187. The lowest BCUT2D eigenvalue weighted by Gasteiger charge is -2.04. The molecule has 2 rings (SSSR count). The van der Waals surface area contributed by atoms with E-state index in [9.17, 15) is 4.79 Å². The van der Waals surface area contributed by atoms with E-state index in [0.717, 1.165) is 11.1 Å². The molecular formula is C13H14ClN3O2. The Labute approximate surface area is 115 Å². The average Bonchev–Trinajstić information content (AvgIpc) is 2.70. The number of anilines is 1. The third-order valence-corrected chi connectivity index (χ3v) is 3.09. The van der Waals surface area contributed by atoms with Gasteiger partial charge >= 0.3 is 0 Å². The van der Waals surface area contributed by atoms with Gasteiger partial charge in [-0.25, -0.2) is 4.68 Å². The van der Waals surface area contributed by atoms with Gasteiger partial charge in [0.15, 0.2) is 6.29 Å². The van der Waals surface area contributed by atoms with E-state index in [-0.39, 0.29) is 12.5 Å². The van der Waals surface area contributed by atoms with Gasteiger partial charge in [0.1, 0.15) is 18.2 Å². The van der Waals surface area contributed by atoms with Crippen molar-refractivity contribution in [2.75, 3.05) is 12.8 Å². The first kappa shape index (κ1) is 13.6. The Morgan fingerprint density at radius 3 is 2.89 bits per heavy atom. The summed E-state index contributed by atoms with van der Waals surface area (Å²) in [5, 5.41) is 4.90. The molecule has 0 amide bonds. The number of nitrogens with two attached hydrogens (primary N) is 1. The molecule has 0 spiro atoms. The number of rotatable bonds is 4. The molecule has 0 fully saturated rings. The first-order chi connectivity index (χ1) is 9.08. The highest BCUT2D eigenvalue weighted by Gasteiger charge is 2.18. The Kier molecular flexibility index (Phi) is 3.87. The molecule has 0 saturated heterocycles. The van der Waals surface area contributed by atoms with Crippen LogP contribution in [0.25, 0.3) is 11.3 Å². The maximum absolute atomic E-state index is 11.2.